The van der Waals surface area contributed by atoms with Gasteiger partial charge in [0.2, 0.25) is 5.91 Å². The summed E-state index contributed by atoms with van der Waals surface area (Å²) in [6, 6.07) is 14.7. The highest BCUT2D eigenvalue weighted by Gasteiger charge is 2.64. The van der Waals surface area contributed by atoms with Crippen LogP contribution in [0, 0.1) is 23.7 Å². The Balaban J connectivity index is 0.000000495. The Kier molecular flexibility index (Phi) is 11.3. The van der Waals surface area contributed by atoms with Crippen molar-refractivity contribution in [3.63, 3.8) is 0 Å². The third kappa shape index (κ3) is 8.39. The van der Waals surface area contributed by atoms with E-state index in [1.807, 2.05) is 24.3 Å². The van der Waals surface area contributed by atoms with Crippen LogP contribution in [-0.2, 0) is 14.3 Å². The van der Waals surface area contributed by atoms with Gasteiger partial charge in [-0.3, -0.25) is 9.59 Å². The van der Waals surface area contributed by atoms with Crippen LogP contribution in [0.3, 0.4) is 0 Å². The van der Waals surface area contributed by atoms with Gasteiger partial charge in [-0.2, -0.15) is 0 Å². The number of nitrogens with one attached hydrogen (secondary N) is 2. The molecule has 5 aliphatic rings. The van der Waals surface area contributed by atoms with Crippen LogP contribution >= 0.6 is 0 Å². The van der Waals surface area contributed by atoms with Gasteiger partial charge in [0.25, 0.3) is 0 Å². The van der Waals surface area contributed by atoms with Crippen molar-refractivity contribution in [2.75, 3.05) is 30.4 Å². The molecule has 3 aliphatic carbocycles. The van der Waals surface area contributed by atoms with Gasteiger partial charge in [0.1, 0.15) is 5.60 Å². The number of anilines is 2. The number of ether oxygens (including phenoxy) is 2. The maximum atomic E-state index is 13.2. The van der Waals surface area contributed by atoms with Crippen molar-refractivity contribution in [2.24, 2.45) is 11.3 Å². The zero-order valence-corrected chi connectivity index (χ0v) is 30.2. The molecule has 1 saturated carbocycles. The fourth-order valence-corrected chi connectivity index (χ4v) is 8.15. The minimum absolute atomic E-state index is 0.0817. The van der Waals surface area contributed by atoms with Crippen LogP contribution in [0.1, 0.15) is 94.5 Å². The summed E-state index contributed by atoms with van der Waals surface area (Å²) in [6.45, 7) is 8.62. The maximum absolute atomic E-state index is 13.2. The van der Waals surface area contributed by atoms with E-state index in [1.165, 1.54) is 30.4 Å². The molecule has 8 nitrogen and oxygen atoms in total. The molecule has 7 rings (SSSR count). The van der Waals surface area contributed by atoms with E-state index in [2.05, 4.69) is 49.5 Å². The molecule has 4 unspecified atom stereocenters. The number of aliphatic hydroxyl groups is 2. The molecule has 2 aliphatic heterocycles. The summed E-state index contributed by atoms with van der Waals surface area (Å²) in [4.78, 5) is 25.4. The number of unbranched alkanes of at least 4 members (excludes halogenated alkanes) is 1. The fourth-order valence-electron chi connectivity index (χ4n) is 8.15. The van der Waals surface area contributed by atoms with Gasteiger partial charge in [0.15, 0.2) is 5.78 Å². The highest BCUT2D eigenvalue weighted by molar-refractivity contribution is 6.10. The summed E-state index contributed by atoms with van der Waals surface area (Å²) in [6.07, 6.45) is 17.1. The monoisotopic (exact) mass is 692 g/mol. The molecule has 3 fully saturated rings. The summed E-state index contributed by atoms with van der Waals surface area (Å²) in [5, 5.41) is 24.0. The molecular weight excluding hydrogens is 640 g/mol. The Morgan fingerprint density at radius 2 is 1.76 bits per heavy atom. The topological polar surface area (TPSA) is 120 Å². The quantitative estimate of drug-likeness (QED) is 0.0905. The molecule has 0 bridgehead atoms. The molecule has 8 heteroatoms. The number of ketones is 1. The van der Waals surface area contributed by atoms with Gasteiger partial charge in [-0.05, 0) is 103 Å². The van der Waals surface area contributed by atoms with Gasteiger partial charge in [-0.25, -0.2) is 0 Å². The molecule has 1 amide bonds. The molecule has 51 heavy (non-hydrogen) atoms. The summed E-state index contributed by atoms with van der Waals surface area (Å²) in [5.74, 6) is 2.93. The number of allylic oxidation sites excluding steroid dienone is 3. The first kappa shape index (κ1) is 36.8. The predicted octanol–water partition coefficient (Wildman–Crippen LogP) is 7.14. The molecule has 4 N–H and O–H groups in total. The van der Waals surface area contributed by atoms with Crippen molar-refractivity contribution < 1.29 is 29.3 Å². The minimum Gasteiger partial charge on any atom is -0.391 e. The third-order valence-corrected chi connectivity index (χ3v) is 11.1. The van der Waals surface area contributed by atoms with Crippen LogP contribution in [0.4, 0.5) is 11.4 Å². The van der Waals surface area contributed by atoms with Crippen LogP contribution < -0.4 is 10.6 Å². The molecule has 2 heterocycles. The third-order valence-electron chi connectivity index (χ3n) is 11.1. The SMILES string of the molecule is C#CCCCC(=O)Nc1cccc(C(=O)c2ccc(NCC3=CC=C4C5=C(C(C)C)CCC5(C)CC[C@]45OC5C3)cc2)c1.OC1COCC(O)C1. The number of fused-ring (bicyclic) bond motifs is 2. The molecule has 270 valence electrons. The van der Waals surface area contributed by atoms with Gasteiger partial charge in [0, 0.05) is 48.3 Å². The van der Waals surface area contributed by atoms with Gasteiger partial charge >= 0.3 is 0 Å². The molecular formula is C43H52N2O6. The second-order valence-electron chi connectivity index (χ2n) is 15.2. The van der Waals surface area contributed by atoms with Crippen molar-refractivity contribution in [1.29, 1.82) is 0 Å². The Hall–Kier alpha value is -4.00. The van der Waals surface area contributed by atoms with E-state index in [1.54, 1.807) is 35.4 Å². The van der Waals surface area contributed by atoms with E-state index in [0.29, 0.717) is 67.0 Å². The lowest BCUT2D eigenvalue weighted by atomic mass is 9.64. The number of carbonyl (C=O) groups excluding carboxylic acids is 2. The Morgan fingerprint density at radius 1 is 1.00 bits per heavy atom. The highest BCUT2D eigenvalue weighted by atomic mass is 16.6. The lowest BCUT2D eigenvalue weighted by Crippen LogP contribution is -2.34. The number of epoxide rings is 1. The first-order chi connectivity index (χ1) is 24.5. The highest BCUT2D eigenvalue weighted by Crippen LogP contribution is 2.65. The minimum atomic E-state index is -0.459. The average Bonchev–Trinajstić information content (AvgIpc) is 3.71. The predicted molar refractivity (Wildman–Crippen MR) is 200 cm³/mol. The van der Waals surface area contributed by atoms with Crippen molar-refractivity contribution in [1.82, 2.24) is 0 Å². The first-order valence-electron chi connectivity index (χ1n) is 18.5. The van der Waals surface area contributed by atoms with E-state index >= 15 is 0 Å². The number of hydrogen-bond acceptors (Lipinski definition) is 7. The Labute approximate surface area is 302 Å². The van der Waals surface area contributed by atoms with Crippen LogP contribution in [0.2, 0.25) is 0 Å². The van der Waals surface area contributed by atoms with Crippen molar-refractivity contribution in [3.05, 3.63) is 94.1 Å². The van der Waals surface area contributed by atoms with E-state index < -0.39 is 12.2 Å². The fraction of sp³-hybridized carbons (Fsp3) is 0.488. The van der Waals surface area contributed by atoms with Gasteiger partial charge in [-0.15, -0.1) is 12.3 Å². The standard InChI is InChI=1S/C38H42N2O3.C5H10O3/c1-5-6-7-11-34(41)40-30-10-8-9-28(23-30)36(42)27-13-15-29(16-14-27)39-24-26-12-17-32-35-31(25(2)3)18-19-37(35,4)20-21-38(32)33(22-26)43-38;6-4-1-5(7)3-8-2-4/h1,8-10,12-17,23,25,33,39H,6-7,11,18-22,24H2,2-4H3,(H,40,41);4-7H,1-3H2/t33?,37?,38-;/m0./s1. The van der Waals surface area contributed by atoms with Crippen LogP contribution in [0.15, 0.2) is 83.0 Å². The number of benzene rings is 2. The first-order valence-corrected chi connectivity index (χ1v) is 18.5. The normalized spacial score (nSPS) is 27.7. The van der Waals surface area contributed by atoms with Crippen molar-refractivity contribution in [2.45, 2.75) is 102 Å². The van der Waals surface area contributed by atoms with E-state index in [4.69, 9.17) is 26.1 Å². The van der Waals surface area contributed by atoms with E-state index in [0.717, 1.165) is 25.1 Å². The number of carbonyl (C=O) groups is 2. The summed E-state index contributed by atoms with van der Waals surface area (Å²) >= 11 is 0. The van der Waals surface area contributed by atoms with Crippen LogP contribution in [-0.4, -0.2) is 65.6 Å². The lowest BCUT2D eigenvalue weighted by Gasteiger charge is -2.39. The molecule has 5 atom stereocenters. The molecule has 0 aromatic heterocycles. The van der Waals surface area contributed by atoms with Crippen molar-refractivity contribution >= 4 is 23.1 Å². The Morgan fingerprint density at radius 3 is 2.45 bits per heavy atom. The maximum Gasteiger partial charge on any atom is 0.224 e. The molecule has 0 radical (unpaired) electrons. The second kappa shape index (κ2) is 15.7. The summed E-state index contributed by atoms with van der Waals surface area (Å²) in [7, 11) is 0. The second-order valence-corrected chi connectivity index (χ2v) is 15.2. The number of rotatable bonds is 10. The zero-order chi connectivity index (χ0) is 36.2. The molecule has 2 aromatic rings. The number of aliphatic hydroxyl groups excluding tert-OH is 2. The largest absolute Gasteiger partial charge is 0.391 e. The van der Waals surface area contributed by atoms with Gasteiger partial charge in [-0.1, -0.05) is 50.6 Å². The summed E-state index contributed by atoms with van der Waals surface area (Å²) in [5.41, 5.74) is 8.97. The molecule has 2 saturated heterocycles. The van der Waals surface area contributed by atoms with Crippen LogP contribution in [0.25, 0.3) is 0 Å². The number of amides is 1. The van der Waals surface area contributed by atoms with Crippen LogP contribution in [0.5, 0.6) is 0 Å². The van der Waals surface area contributed by atoms with E-state index in [9.17, 15) is 9.59 Å². The average molecular weight is 693 g/mol. The number of hydrogen-bond donors (Lipinski definition) is 4. The number of terminal acetylenes is 1. The Bertz CT molecular complexity index is 1740. The van der Waals surface area contributed by atoms with Gasteiger partial charge < -0.3 is 30.3 Å². The van der Waals surface area contributed by atoms with Crippen molar-refractivity contribution in [3.8, 4) is 12.3 Å². The van der Waals surface area contributed by atoms with E-state index in [-0.39, 0.29) is 23.4 Å². The van der Waals surface area contributed by atoms with Gasteiger partial charge in [0.05, 0.1) is 31.5 Å². The molecule has 1 spiro atoms. The summed E-state index contributed by atoms with van der Waals surface area (Å²) < 4.78 is 11.3. The lowest BCUT2D eigenvalue weighted by molar-refractivity contribution is -0.116. The molecule has 2 aromatic carbocycles. The smallest absolute Gasteiger partial charge is 0.224 e. The zero-order valence-electron chi connectivity index (χ0n) is 30.2.